The number of carbonyl (C=O) groups excluding carboxylic acids is 1. The Labute approximate surface area is 189 Å². The number of phenols is 1. The van der Waals surface area contributed by atoms with E-state index in [1.807, 2.05) is 12.1 Å². The van der Waals surface area contributed by atoms with Crippen molar-refractivity contribution in [3.05, 3.63) is 28.8 Å². The molecule has 3 heterocycles. The van der Waals surface area contributed by atoms with E-state index >= 15 is 0 Å². The van der Waals surface area contributed by atoms with E-state index in [0.717, 1.165) is 42.9 Å². The van der Waals surface area contributed by atoms with Gasteiger partial charge in [0.2, 0.25) is 0 Å². The number of morpholine rings is 2. The summed E-state index contributed by atoms with van der Waals surface area (Å²) >= 11 is 0. The van der Waals surface area contributed by atoms with Crippen LogP contribution in [0.3, 0.4) is 0 Å². The lowest BCUT2D eigenvalue weighted by molar-refractivity contribution is -0.151. The number of rotatable bonds is 7. The van der Waals surface area contributed by atoms with E-state index in [0.29, 0.717) is 58.2 Å². The Kier molecular flexibility index (Phi) is 7.98. The van der Waals surface area contributed by atoms with Gasteiger partial charge < -0.3 is 29.7 Å². The highest BCUT2D eigenvalue weighted by Crippen LogP contribution is 2.29. The molecule has 3 fully saturated rings. The van der Waals surface area contributed by atoms with Crippen molar-refractivity contribution in [1.29, 1.82) is 0 Å². The van der Waals surface area contributed by atoms with E-state index in [-0.39, 0.29) is 6.04 Å². The Balaban J connectivity index is 1.56. The van der Waals surface area contributed by atoms with Gasteiger partial charge in [0, 0.05) is 63.9 Å². The number of ether oxygens (including phenoxy) is 3. The standard InChI is InChI=1S/C23H35N3O6/c1-16(27)32-23-20(24-13-21(23)28)12-17-10-18(14-25-2-6-30-7-3-25)22(29)19(11-17)15-26-4-8-31-9-5-26/h10-11,20-21,23-24,28-29H,2-9,12-15H2,1H3. The van der Waals surface area contributed by atoms with Crippen molar-refractivity contribution in [2.75, 3.05) is 59.2 Å². The average Bonchev–Trinajstić information content (AvgIpc) is 3.11. The highest BCUT2D eigenvalue weighted by molar-refractivity contribution is 5.66. The van der Waals surface area contributed by atoms with Gasteiger partial charge in [-0.3, -0.25) is 14.6 Å². The van der Waals surface area contributed by atoms with Gasteiger partial charge in [-0.2, -0.15) is 0 Å². The first-order valence-electron chi connectivity index (χ1n) is 11.5. The number of hydrogen-bond donors (Lipinski definition) is 3. The summed E-state index contributed by atoms with van der Waals surface area (Å²) in [7, 11) is 0. The van der Waals surface area contributed by atoms with Gasteiger partial charge in [0.05, 0.1) is 32.5 Å². The molecular weight excluding hydrogens is 414 g/mol. The zero-order chi connectivity index (χ0) is 22.5. The predicted octanol–water partition coefficient (Wildman–Crippen LogP) is -0.136. The minimum absolute atomic E-state index is 0.175. The number of hydrogen-bond acceptors (Lipinski definition) is 9. The second-order valence-corrected chi connectivity index (χ2v) is 8.90. The average molecular weight is 450 g/mol. The van der Waals surface area contributed by atoms with Gasteiger partial charge in [0.25, 0.3) is 0 Å². The van der Waals surface area contributed by atoms with Crippen LogP contribution >= 0.6 is 0 Å². The molecule has 3 aliphatic rings. The Morgan fingerprint density at radius 1 is 1.06 bits per heavy atom. The molecule has 3 N–H and O–H groups in total. The van der Waals surface area contributed by atoms with Crippen LogP contribution in [0.1, 0.15) is 23.6 Å². The minimum atomic E-state index is -0.721. The fourth-order valence-corrected chi connectivity index (χ4v) is 4.76. The number of esters is 1. The lowest BCUT2D eigenvalue weighted by Gasteiger charge is -2.29. The normalized spacial score (nSPS) is 27.5. The molecule has 9 nitrogen and oxygen atoms in total. The molecule has 4 rings (SSSR count). The second kappa shape index (κ2) is 10.9. The van der Waals surface area contributed by atoms with Crippen molar-refractivity contribution in [2.45, 2.75) is 44.7 Å². The number of aromatic hydroxyl groups is 1. The summed E-state index contributed by atoms with van der Waals surface area (Å²) < 4.78 is 16.3. The third-order valence-corrected chi connectivity index (χ3v) is 6.45. The first kappa shape index (κ1) is 23.4. The number of β-amino-alcohol motifs (C(OH)–C–C–N with tert-alkyl or cyclic N) is 1. The van der Waals surface area contributed by atoms with Gasteiger partial charge in [0.15, 0.2) is 0 Å². The fourth-order valence-electron chi connectivity index (χ4n) is 4.76. The van der Waals surface area contributed by atoms with Crippen molar-refractivity contribution >= 4 is 5.97 Å². The van der Waals surface area contributed by atoms with Crippen LogP contribution in [-0.2, 0) is 38.5 Å². The largest absolute Gasteiger partial charge is 0.507 e. The maximum atomic E-state index is 11.5. The molecular formula is C23H35N3O6. The van der Waals surface area contributed by atoms with Crippen LogP contribution in [-0.4, -0.2) is 103 Å². The molecule has 1 aromatic rings. The van der Waals surface area contributed by atoms with E-state index in [1.165, 1.54) is 6.92 Å². The van der Waals surface area contributed by atoms with Crippen molar-refractivity contribution in [2.24, 2.45) is 0 Å². The lowest BCUT2D eigenvalue weighted by Crippen LogP contribution is -2.38. The maximum absolute atomic E-state index is 11.5. The first-order valence-corrected chi connectivity index (χ1v) is 11.5. The molecule has 3 saturated heterocycles. The van der Waals surface area contributed by atoms with Crippen LogP contribution in [0.2, 0.25) is 0 Å². The number of phenolic OH excluding ortho intramolecular Hbond substituents is 1. The molecule has 3 aliphatic heterocycles. The Hall–Kier alpha value is -1.75. The summed E-state index contributed by atoms with van der Waals surface area (Å²) in [6.07, 6.45) is -0.699. The van der Waals surface area contributed by atoms with Crippen LogP contribution in [0.15, 0.2) is 12.1 Å². The molecule has 0 saturated carbocycles. The first-order chi connectivity index (χ1) is 15.5. The van der Waals surface area contributed by atoms with E-state index in [4.69, 9.17) is 14.2 Å². The van der Waals surface area contributed by atoms with Crippen molar-refractivity contribution in [3.63, 3.8) is 0 Å². The van der Waals surface area contributed by atoms with Crippen LogP contribution in [0, 0.1) is 0 Å². The highest BCUT2D eigenvalue weighted by Gasteiger charge is 2.37. The quantitative estimate of drug-likeness (QED) is 0.491. The molecule has 32 heavy (non-hydrogen) atoms. The number of nitrogens with one attached hydrogen (secondary N) is 1. The highest BCUT2D eigenvalue weighted by atomic mass is 16.6. The zero-order valence-electron chi connectivity index (χ0n) is 18.8. The molecule has 9 heteroatoms. The molecule has 0 bridgehead atoms. The summed E-state index contributed by atoms with van der Waals surface area (Å²) in [5, 5.41) is 24.6. The predicted molar refractivity (Wildman–Crippen MR) is 117 cm³/mol. The molecule has 0 spiro atoms. The van der Waals surface area contributed by atoms with Crippen LogP contribution in [0.4, 0.5) is 0 Å². The second-order valence-electron chi connectivity index (χ2n) is 8.90. The summed E-state index contributed by atoms with van der Waals surface area (Å²) in [6, 6.07) is 3.92. The molecule has 0 amide bonds. The van der Waals surface area contributed by atoms with Gasteiger partial charge in [-0.15, -0.1) is 0 Å². The zero-order valence-corrected chi connectivity index (χ0v) is 18.8. The van der Waals surface area contributed by atoms with E-state index in [1.54, 1.807) is 0 Å². The number of carbonyl (C=O) groups is 1. The number of benzene rings is 1. The summed E-state index contributed by atoms with van der Waals surface area (Å²) in [4.78, 5) is 16.1. The summed E-state index contributed by atoms with van der Waals surface area (Å²) in [5.74, 6) is -0.0443. The topological polar surface area (TPSA) is 104 Å². The van der Waals surface area contributed by atoms with Crippen LogP contribution in [0.25, 0.3) is 0 Å². The monoisotopic (exact) mass is 449 g/mol. The molecule has 3 atom stereocenters. The number of nitrogens with zero attached hydrogens (tertiary/aromatic N) is 2. The van der Waals surface area contributed by atoms with Crippen molar-refractivity contribution in [3.8, 4) is 5.75 Å². The molecule has 0 aliphatic carbocycles. The van der Waals surface area contributed by atoms with Gasteiger partial charge >= 0.3 is 5.97 Å². The third-order valence-electron chi connectivity index (χ3n) is 6.45. The summed E-state index contributed by atoms with van der Waals surface area (Å²) in [5.41, 5.74) is 2.85. The smallest absolute Gasteiger partial charge is 0.303 e. The van der Waals surface area contributed by atoms with Crippen LogP contribution < -0.4 is 5.32 Å². The van der Waals surface area contributed by atoms with Gasteiger partial charge in [-0.1, -0.05) is 12.1 Å². The van der Waals surface area contributed by atoms with E-state index in [2.05, 4.69) is 15.1 Å². The summed E-state index contributed by atoms with van der Waals surface area (Å²) in [6.45, 7) is 9.25. The van der Waals surface area contributed by atoms with E-state index < -0.39 is 18.2 Å². The SMILES string of the molecule is CC(=O)OC1C(O)CNC1Cc1cc(CN2CCOCC2)c(O)c(CN2CCOCC2)c1. The van der Waals surface area contributed by atoms with Gasteiger partial charge in [-0.25, -0.2) is 0 Å². The maximum Gasteiger partial charge on any atom is 0.303 e. The molecule has 178 valence electrons. The number of aliphatic hydroxyl groups excluding tert-OH is 1. The minimum Gasteiger partial charge on any atom is -0.507 e. The molecule has 1 aromatic carbocycles. The Morgan fingerprint density at radius 2 is 1.59 bits per heavy atom. The van der Waals surface area contributed by atoms with E-state index in [9.17, 15) is 15.0 Å². The Bertz CT molecular complexity index is 738. The van der Waals surface area contributed by atoms with Crippen molar-refractivity contribution < 1.29 is 29.2 Å². The molecule has 0 aromatic heterocycles. The Morgan fingerprint density at radius 3 is 2.09 bits per heavy atom. The molecule has 3 unspecified atom stereocenters. The molecule has 0 radical (unpaired) electrons. The third kappa shape index (κ3) is 5.98. The number of aliphatic hydroxyl groups is 1. The van der Waals surface area contributed by atoms with Gasteiger partial charge in [-0.05, 0) is 12.0 Å². The van der Waals surface area contributed by atoms with Gasteiger partial charge in [0.1, 0.15) is 18.0 Å². The van der Waals surface area contributed by atoms with Crippen molar-refractivity contribution in [1.82, 2.24) is 15.1 Å². The lowest BCUT2D eigenvalue weighted by atomic mass is 9.96. The van der Waals surface area contributed by atoms with Crippen LogP contribution in [0.5, 0.6) is 5.75 Å². The fraction of sp³-hybridized carbons (Fsp3) is 0.696.